The number of nitrogens with zero attached hydrogens (tertiary/aromatic N) is 2. The van der Waals surface area contributed by atoms with E-state index in [1.54, 1.807) is 24.0 Å². The van der Waals surface area contributed by atoms with Crippen LogP contribution in [-0.2, 0) is 28.7 Å². The minimum atomic E-state index is -1.33. The number of ether oxygens (including phenoxy) is 2. The van der Waals surface area contributed by atoms with Crippen LogP contribution >= 0.6 is 0 Å². The number of nitrogens with one attached hydrogen (secondary N) is 1. The quantitative estimate of drug-likeness (QED) is 0.421. The highest BCUT2D eigenvalue weighted by Gasteiger charge is 2.74. The van der Waals surface area contributed by atoms with Gasteiger partial charge in [-0.3, -0.25) is 19.2 Å². The van der Waals surface area contributed by atoms with Crippen molar-refractivity contribution in [3.05, 3.63) is 24.3 Å². The van der Waals surface area contributed by atoms with E-state index in [0.29, 0.717) is 12.8 Å². The Labute approximate surface area is 218 Å². The van der Waals surface area contributed by atoms with Gasteiger partial charge in [-0.05, 0) is 40.5 Å². The topological polar surface area (TPSA) is 125 Å². The van der Waals surface area contributed by atoms with Gasteiger partial charge in [0.25, 0.3) is 0 Å². The molecule has 3 amide bonds. The van der Waals surface area contributed by atoms with Crippen molar-refractivity contribution in [1.29, 1.82) is 0 Å². The predicted molar refractivity (Wildman–Crippen MR) is 134 cm³/mol. The molecular weight excluding hydrogens is 478 g/mol. The normalized spacial score (nSPS) is 36.4. The van der Waals surface area contributed by atoms with Gasteiger partial charge in [0.15, 0.2) is 0 Å². The minimum absolute atomic E-state index is 0.152. The molecule has 2 N–H and O–H groups in total. The van der Waals surface area contributed by atoms with Gasteiger partial charge < -0.3 is 29.7 Å². The number of fused-ring (bicyclic) bond motifs is 2. The average Bonchev–Trinajstić information content (AvgIpc) is 3.47. The third kappa shape index (κ3) is 4.69. The van der Waals surface area contributed by atoms with E-state index in [-0.39, 0.29) is 43.8 Å². The summed E-state index contributed by atoms with van der Waals surface area (Å²) in [5, 5.41) is 13.0. The van der Waals surface area contributed by atoms with Crippen LogP contribution in [0, 0.1) is 11.8 Å². The van der Waals surface area contributed by atoms with Crippen LogP contribution < -0.4 is 5.32 Å². The fourth-order valence-corrected chi connectivity index (χ4v) is 5.98. The number of likely N-dealkylation sites (tertiary alicyclic amines) is 1. The smallest absolute Gasteiger partial charge is 0.313 e. The van der Waals surface area contributed by atoms with Gasteiger partial charge in [0.05, 0.1) is 31.2 Å². The summed E-state index contributed by atoms with van der Waals surface area (Å²) in [6, 6.07) is -1.64. The average molecular weight is 518 g/mol. The molecule has 0 aromatic rings. The summed E-state index contributed by atoms with van der Waals surface area (Å²) >= 11 is 0. The Morgan fingerprint density at radius 1 is 1.19 bits per heavy atom. The van der Waals surface area contributed by atoms with Gasteiger partial charge >= 0.3 is 5.97 Å². The number of carbonyl (C=O) groups excluding carboxylic acids is 4. The maximum Gasteiger partial charge on any atom is 0.313 e. The molecule has 10 nitrogen and oxygen atoms in total. The molecule has 0 aliphatic carbocycles. The lowest BCUT2D eigenvalue weighted by Gasteiger charge is -2.43. The molecule has 2 fully saturated rings. The van der Waals surface area contributed by atoms with Crippen LogP contribution in [0.4, 0.5) is 0 Å². The summed E-state index contributed by atoms with van der Waals surface area (Å²) in [5.74, 6) is -3.33. The molecule has 0 aromatic heterocycles. The molecule has 0 saturated carbocycles. The van der Waals surface area contributed by atoms with Crippen LogP contribution in [0.5, 0.6) is 0 Å². The molecular formula is C27H39N3O7. The summed E-state index contributed by atoms with van der Waals surface area (Å²) in [5.41, 5.74) is -1.93. The zero-order valence-corrected chi connectivity index (χ0v) is 22.3. The monoisotopic (exact) mass is 517 g/mol. The van der Waals surface area contributed by atoms with Gasteiger partial charge in [-0.1, -0.05) is 31.2 Å². The lowest BCUT2D eigenvalue weighted by Crippen LogP contribution is -2.61. The van der Waals surface area contributed by atoms with Crippen molar-refractivity contribution in [2.45, 2.75) is 89.3 Å². The van der Waals surface area contributed by atoms with Crippen LogP contribution in [0.1, 0.15) is 53.9 Å². The zero-order valence-electron chi connectivity index (χ0n) is 22.3. The van der Waals surface area contributed by atoms with E-state index >= 15 is 0 Å². The van der Waals surface area contributed by atoms with Crippen molar-refractivity contribution in [2.24, 2.45) is 11.8 Å². The van der Waals surface area contributed by atoms with E-state index in [4.69, 9.17) is 9.47 Å². The largest absolute Gasteiger partial charge is 0.460 e. The van der Waals surface area contributed by atoms with Crippen molar-refractivity contribution in [1.82, 2.24) is 15.1 Å². The lowest BCUT2D eigenvalue weighted by atomic mass is 9.74. The molecule has 5 bridgehead atoms. The minimum Gasteiger partial charge on any atom is -0.460 e. The van der Waals surface area contributed by atoms with E-state index in [9.17, 15) is 24.3 Å². The van der Waals surface area contributed by atoms with Crippen molar-refractivity contribution >= 4 is 23.7 Å². The Morgan fingerprint density at radius 3 is 2.57 bits per heavy atom. The van der Waals surface area contributed by atoms with E-state index in [1.807, 2.05) is 39.8 Å². The molecule has 0 aromatic carbocycles. The summed E-state index contributed by atoms with van der Waals surface area (Å²) in [6.45, 7) is 9.38. The summed E-state index contributed by atoms with van der Waals surface area (Å²) < 4.78 is 12.0. The summed E-state index contributed by atoms with van der Waals surface area (Å²) in [4.78, 5) is 57.1. The number of aliphatic hydroxyl groups excluding tert-OH is 1. The molecule has 7 atom stereocenters. The van der Waals surface area contributed by atoms with Gasteiger partial charge in [0.2, 0.25) is 17.7 Å². The molecule has 37 heavy (non-hydrogen) atoms. The van der Waals surface area contributed by atoms with E-state index in [1.165, 1.54) is 4.90 Å². The van der Waals surface area contributed by atoms with Crippen molar-refractivity contribution < 1.29 is 33.8 Å². The second-order valence-corrected chi connectivity index (χ2v) is 11.4. The van der Waals surface area contributed by atoms with Crippen molar-refractivity contribution in [3.63, 3.8) is 0 Å². The second kappa shape index (κ2) is 10.2. The number of hydrogen-bond donors (Lipinski definition) is 2. The molecule has 0 unspecified atom stereocenters. The Hall–Kier alpha value is -2.72. The zero-order chi connectivity index (χ0) is 27.1. The number of esters is 1. The van der Waals surface area contributed by atoms with Crippen LogP contribution in [0.25, 0.3) is 0 Å². The van der Waals surface area contributed by atoms with Gasteiger partial charge in [-0.2, -0.15) is 0 Å². The molecule has 4 heterocycles. The summed E-state index contributed by atoms with van der Waals surface area (Å²) in [7, 11) is 0. The molecule has 4 aliphatic rings. The highest BCUT2D eigenvalue weighted by Crippen LogP contribution is 2.56. The van der Waals surface area contributed by atoms with Crippen LogP contribution in [0.2, 0.25) is 0 Å². The predicted octanol–water partition coefficient (Wildman–Crippen LogP) is 0.933. The number of cyclic esters (lactones) is 1. The Morgan fingerprint density at radius 2 is 1.92 bits per heavy atom. The van der Waals surface area contributed by atoms with E-state index in [2.05, 4.69) is 5.32 Å². The maximum atomic E-state index is 14.4. The Kier molecular flexibility index (Phi) is 7.54. The van der Waals surface area contributed by atoms with E-state index < -0.39 is 53.2 Å². The molecule has 0 radical (unpaired) electrons. The molecule has 10 heteroatoms. The number of carbonyl (C=O) groups is 4. The van der Waals surface area contributed by atoms with Gasteiger partial charge in [-0.25, -0.2) is 0 Å². The first-order chi connectivity index (χ1) is 17.5. The van der Waals surface area contributed by atoms with Gasteiger partial charge in [-0.15, -0.1) is 0 Å². The fraction of sp³-hybridized carbons (Fsp3) is 0.704. The van der Waals surface area contributed by atoms with Crippen LogP contribution in [0.15, 0.2) is 24.3 Å². The fourth-order valence-electron chi connectivity index (χ4n) is 5.98. The standard InChI is InChI=1S/C27H39N3O7/c1-6-17(15-31)30-22-24(34)29(26(3,4)5)13-9-7-8-10-19(32)28-14-16(2)36-25(35)20-18-11-12-27(22,37-18)21(20)23(30)33/h7,9,11-12,16-18,20-22,31H,6,8,10,13-15H2,1-5H3,(H,28,32)/b9-7-/t16-,17-,18+,20-,21-,22+,27-/m0/s1. The number of rotatable bonds is 3. The van der Waals surface area contributed by atoms with Crippen molar-refractivity contribution in [2.75, 3.05) is 19.7 Å². The number of aliphatic hydroxyl groups is 1. The highest BCUT2D eigenvalue weighted by molar-refractivity contribution is 5.99. The molecule has 204 valence electrons. The van der Waals surface area contributed by atoms with Gasteiger partial charge in [0.1, 0.15) is 23.7 Å². The molecule has 4 aliphatic heterocycles. The van der Waals surface area contributed by atoms with Gasteiger partial charge in [0, 0.05) is 18.5 Å². The third-order valence-electron chi connectivity index (χ3n) is 7.87. The summed E-state index contributed by atoms with van der Waals surface area (Å²) in [6.07, 6.45) is 7.10. The number of hydrogen-bond acceptors (Lipinski definition) is 7. The first-order valence-electron chi connectivity index (χ1n) is 13.2. The Bertz CT molecular complexity index is 998. The number of amides is 3. The SMILES string of the molecule is CC[C@@H](CO)N1C(=O)[C@@H]2[C@H]3C(=O)O[C@@H](C)CNC(=O)CC/C=C\CN(C(C)(C)C)C(=O)[C@@H]1[C@]21C=C[C@H]3O1. The molecule has 1 spiro atoms. The second-order valence-electron chi connectivity index (χ2n) is 11.4. The highest BCUT2D eigenvalue weighted by atomic mass is 16.6. The van der Waals surface area contributed by atoms with Crippen LogP contribution in [0.3, 0.4) is 0 Å². The lowest BCUT2D eigenvalue weighted by molar-refractivity contribution is -0.159. The van der Waals surface area contributed by atoms with E-state index in [0.717, 1.165) is 0 Å². The Balaban J connectivity index is 1.81. The van der Waals surface area contributed by atoms with Crippen molar-refractivity contribution in [3.8, 4) is 0 Å². The molecule has 4 rings (SSSR count). The first-order valence-corrected chi connectivity index (χ1v) is 13.2. The first kappa shape index (κ1) is 27.3. The maximum absolute atomic E-state index is 14.4. The van der Waals surface area contributed by atoms with Crippen LogP contribution in [-0.4, -0.2) is 93.7 Å². The third-order valence-corrected chi connectivity index (χ3v) is 7.87. The molecule has 2 saturated heterocycles. The number of allylic oxidation sites excluding steroid dienone is 1.